The lowest BCUT2D eigenvalue weighted by Crippen LogP contribution is -2.53. The predicted octanol–water partition coefficient (Wildman–Crippen LogP) is 1.45. The quantitative estimate of drug-likeness (QED) is 0.619. The number of benzene rings is 1. The molecule has 10 heteroatoms. The Balaban J connectivity index is 0.000000390. The van der Waals surface area contributed by atoms with Crippen molar-refractivity contribution < 1.29 is 38.8 Å². The van der Waals surface area contributed by atoms with E-state index < -0.39 is 11.9 Å². The van der Waals surface area contributed by atoms with Crippen molar-refractivity contribution in [1.82, 2.24) is 9.80 Å². The van der Waals surface area contributed by atoms with Crippen molar-refractivity contribution in [3.05, 3.63) is 29.8 Å². The molecule has 1 aromatic carbocycles. The van der Waals surface area contributed by atoms with Crippen molar-refractivity contribution in [3.8, 4) is 17.2 Å². The van der Waals surface area contributed by atoms with E-state index in [-0.39, 0.29) is 5.91 Å². The third kappa shape index (κ3) is 6.61. The Labute approximate surface area is 187 Å². The maximum Gasteiger partial charge on any atom is 0.328 e. The zero-order valence-electron chi connectivity index (χ0n) is 18.7. The normalized spacial score (nSPS) is 20.2. The van der Waals surface area contributed by atoms with E-state index >= 15 is 0 Å². The van der Waals surface area contributed by atoms with Gasteiger partial charge < -0.3 is 34.2 Å². The molecule has 176 valence electrons. The molecule has 2 N–H and O–H groups in total. The molecule has 0 saturated carbocycles. The third-order valence-corrected chi connectivity index (χ3v) is 5.33. The van der Waals surface area contributed by atoms with Crippen molar-refractivity contribution in [2.45, 2.75) is 6.42 Å². The van der Waals surface area contributed by atoms with E-state index in [9.17, 15) is 14.4 Å². The monoisotopic (exact) mass is 450 g/mol. The lowest BCUT2D eigenvalue weighted by molar-refractivity contribution is -0.134. The van der Waals surface area contributed by atoms with Crippen molar-refractivity contribution in [2.75, 3.05) is 54.6 Å². The molecule has 1 amide bonds. The molecule has 0 radical (unpaired) electrons. The Morgan fingerprint density at radius 3 is 1.72 bits per heavy atom. The molecular weight excluding hydrogens is 420 g/mol. The van der Waals surface area contributed by atoms with Crippen LogP contribution in [-0.4, -0.2) is 92.4 Å². The summed E-state index contributed by atoms with van der Waals surface area (Å²) >= 11 is 0. The van der Waals surface area contributed by atoms with Gasteiger partial charge in [-0.25, -0.2) is 9.59 Å². The van der Waals surface area contributed by atoms with Gasteiger partial charge in [0.1, 0.15) is 0 Å². The fourth-order valence-corrected chi connectivity index (χ4v) is 4.23. The second-order valence-electron chi connectivity index (χ2n) is 7.82. The van der Waals surface area contributed by atoms with Gasteiger partial charge in [0.25, 0.3) is 5.91 Å². The molecule has 3 rings (SSSR count). The Hall–Kier alpha value is -3.27. The lowest BCUT2D eigenvalue weighted by Gasteiger charge is -2.44. The molecule has 1 aromatic rings. The van der Waals surface area contributed by atoms with E-state index in [0.29, 0.717) is 46.8 Å². The van der Waals surface area contributed by atoms with Crippen LogP contribution in [0.3, 0.4) is 0 Å². The van der Waals surface area contributed by atoms with Crippen LogP contribution < -0.4 is 14.2 Å². The van der Waals surface area contributed by atoms with Crippen LogP contribution in [0.25, 0.3) is 0 Å². The molecule has 2 saturated heterocycles. The van der Waals surface area contributed by atoms with Crippen LogP contribution in [-0.2, 0) is 9.59 Å². The topological polar surface area (TPSA) is 126 Å². The molecule has 2 aliphatic rings. The Bertz CT molecular complexity index is 810. The third-order valence-electron chi connectivity index (χ3n) is 5.33. The van der Waals surface area contributed by atoms with Crippen LogP contribution in [0.1, 0.15) is 16.8 Å². The van der Waals surface area contributed by atoms with Gasteiger partial charge in [-0.05, 0) is 37.4 Å². The average molecular weight is 450 g/mol. The number of likely N-dealkylation sites (tertiary alicyclic amines) is 2. The number of rotatable bonds is 6. The highest BCUT2D eigenvalue weighted by atomic mass is 16.5. The Morgan fingerprint density at radius 2 is 1.34 bits per heavy atom. The first-order valence-corrected chi connectivity index (χ1v) is 10.1. The second kappa shape index (κ2) is 11.4. The first-order chi connectivity index (χ1) is 15.2. The van der Waals surface area contributed by atoms with Crippen molar-refractivity contribution in [3.63, 3.8) is 0 Å². The number of nitrogens with zero attached hydrogens (tertiary/aromatic N) is 2. The summed E-state index contributed by atoms with van der Waals surface area (Å²) in [6, 6.07) is 3.47. The van der Waals surface area contributed by atoms with E-state index in [1.807, 2.05) is 4.90 Å². The van der Waals surface area contributed by atoms with Crippen molar-refractivity contribution in [2.24, 2.45) is 11.8 Å². The standard InChI is InChI=1S/C18H26N2O4.C4H4O4/c1-19-8-12-5-13(9-19)11-20(10-12)18(21)14-6-15(22-2)17(24-4)16(7-14)23-3;5-3(6)1-2-4(7)8/h6-7,12-13H,5,8-11H2,1-4H3;1-2H,(H,5,6)(H,7,8)/b;2-1+. The molecule has 32 heavy (non-hydrogen) atoms. The Kier molecular flexibility index (Phi) is 8.89. The average Bonchev–Trinajstić information content (AvgIpc) is 2.75. The number of fused-ring (bicyclic) bond motifs is 2. The van der Waals surface area contributed by atoms with Gasteiger partial charge in [-0.2, -0.15) is 0 Å². The van der Waals surface area contributed by atoms with Gasteiger partial charge >= 0.3 is 11.9 Å². The summed E-state index contributed by atoms with van der Waals surface area (Å²) in [5.74, 6) is 0.179. The minimum atomic E-state index is -1.26. The molecule has 0 spiro atoms. The first kappa shape index (κ1) is 25.0. The van der Waals surface area contributed by atoms with Gasteiger partial charge in [0.05, 0.1) is 21.3 Å². The summed E-state index contributed by atoms with van der Waals surface area (Å²) in [6.45, 7) is 3.76. The highest BCUT2D eigenvalue weighted by Gasteiger charge is 2.35. The fraction of sp³-hybridized carbons (Fsp3) is 0.500. The maximum atomic E-state index is 13.0. The van der Waals surface area contributed by atoms with Crippen LogP contribution in [0.2, 0.25) is 0 Å². The first-order valence-electron chi connectivity index (χ1n) is 10.1. The van der Waals surface area contributed by atoms with Crippen LogP contribution in [0.15, 0.2) is 24.3 Å². The fourth-order valence-electron chi connectivity index (χ4n) is 4.23. The van der Waals surface area contributed by atoms with Gasteiger partial charge in [-0.3, -0.25) is 4.79 Å². The number of piperidine rings is 2. The van der Waals surface area contributed by atoms with E-state index in [4.69, 9.17) is 24.4 Å². The minimum absolute atomic E-state index is 0.0357. The van der Waals surface area contributed by atoms with Gasteiger partial charge in [-0.1, -0.05) is 0 Å². The largest absolute Gasteiger partial charge is 0.493 e. The molecule has 0 aliphatic carbocycles. The number of ether oxygens (including phenoxy) is 3. The van der Waals surface area contributed by atoms with Gasteiger partial charge in [0, 0.05) is 43.9 Å². The summed E-state index contributed by atoms with van der Waals surface area (Å²) < 4.78 is 16.1. The summed E-state index contributed by atoms with van der Waals surface area (Å²) in [4.78, 5) is 36.5. The maximum absolute atomic E-state index is 13.0. The zero-order valence-corrected chi connectivity index (χ0v) is 18.7. The molecule has 2 atom stereocenters. The molecule has 10 nitrogen and oxygen atoms in total. The highest BCUT2D eigenvalue weighted by Crippen LogP contribution is 2.39. The minimum Gasteiger partial charge on any atom is -0.493 e. The number of aliphatic carboxylic acids is 2. The molecule has 0 aromatic heterocycles. The van der Waals surface area contributed by atoms with Crippen LogP contribution in [0.4, 0.5) is 0 Å². The molecule has 2 unspecified atom stereocenters. The van der Waals surface area contributed by atoms with Gasteiger partial charge in [0.15, 0.2) is 11.5 Å². The summed E-state index contributed by atoms with van der Waals surface area (Å²) in [7, 11) is 6.85. The number of carboxylic acid groups (broad SMARTS) is 2. The Morgan fingerprint density at radius 1 is 0.875 bits per heavy atom. The summed E-state index contributed by atoms with van der Waals surface area (Å²) in [5.41, 5.74) is 0.581. The van der Waals surface area contributed by atoms with E-state index in [1.54, 1.807) is 33.5 Å². The summed E-state index contributed by atoms with van der Waals surface area (Å²) in [6.07, 6.45) is 2.34. The van der Waals surface area contributed by atoms with Crippen LogP contribution in [0, 0.1) is 11.8 Å². The SMILES string of the molecule is COc1cc(C(=O)N2CC3CC(CN(C)C3)C2)cc(OC)c1OC.O=C(O)/C=C/C(=O)O. The van der Waals surface area contributed by atoms with Crippen LogP contribution >= 0.6 is 0 Å². The lowest BCUT2D eigenvalue weighted by atomic mass is 9.84. The van der Waals surface area contributed by atoms with Crippen LogP contribution in [0.5, 0.6) is 17.2 Å². The second-order valence-corrected chi connectivity index (χ2v) is 7.82. The van der Waals surface area contributed by atoms with Crippen molar-refractivity contribution >= 4 is 17.8 Å². The predicted molar refractivity (Wildman–Crippen MR) is 116 cm³/mol. The number of carbonyl (C=O) groups is 3. The number of methoxy groups -OCH3 is 3. The molecule has 2 heterocycles. The number of amides is 1. The highest BCUT2D eigenvalue weighted by molar-refractivity contribution is 5.95. The van der Waals surface area contributed by atoms with E-state index in [2.05, 4.69) is 11.9 Å². The number of carboxylic acids is 2. The van der Waals surface area contributed by atoms with Gasteiger partial charge in [-0.15, -0.1) is 0 Å². The van der Waals surface area contributed by atoms with Gasteiger partial charge in [0.2, 0.25) is 5.75 Å². The summed E-state index contributed by atoms with van der Waals surface area (Å²) in [5, 5.41) is 15.6. The zero-order chi connectivity index (χ0) is 23.8. The molecule has 2 aliphatic heterocycles. The molecular formula is C22H30N2O8. The van der Waals surface area contributed by atoms with Crippen molar-refractivity contribution in [1.29, 1.82) is 0 Å². The molecule has 2 fully saturated rings. The van der Waals surface area contributed by atoms with E-state index in [0.717, 1.165) is 26.2 Å². The van der Waals surface area contributed by atoms with E-state index in [1.165, 1.54) is 6.42 Å². The number of hydrogen-bond donors (Lipinski definition) is 2. The number of carbonyl (C=O) groups excluding carboxylic acids is 1. The number of hydrogen-bond acceptors (Lipinski definition) is 7. The smallest absolute Gasteiger partial charge is 0.328 e. The molecule has 2 bridgehead atoms.